The van der Waals surface area contributed by atoms with Crippen molar-refractivity contribution in [1.82, 2.24) is 20.0 Å². The van der Waals surface area contributed by atoms with Gasteiger partial charge in [-0.15, -0.1) is 16.4 Å². The summed E-state index contributed by atoms with van der Waals surface area (Å²) in [5.41, 5.74) is 7.76. The number of thiazole rings is 1. The summed E-state index contributed by atoms with van der Waals surface area (Å²) >= 11 is 1.59. The predicted octanol–water partition coefficient (Wildman–Crippen LogP) is 0.628. The van der Waals surface area contributed by atoms with Gasteiger partial charge >= 0.3 is 0 Å². The molecule has 2 aromatic heterocycles. The van der Waals surface area contributed by atoms with Crippen LogP contribution in [0.25, 0.3) is 0 Å². The molecule has 0 aromatic carbocycles. The van der Waals surface area contributed by atoms with Gasteiger partial charge in [-0.05, 0) is 6.92 Å². The Kier molecular flexibility index (Phi) is 2.30. The van der Waals surface area contributed by atoms with E-state index in [-0.39, 0.29) is 6.04 Å². The zero-order valence-electron chi connectivity index (χ0n) is 8.01. The van der Waals surface area contributed by atoms with Crippen LogP contribution in [0.2, 0.25) is 0 Å². The van der Waals surface area contributed by atoms with Crippen LogP contribution in [0.15, 0.2) is 11.6 Å². The minimum atomic E-state index is -0.236. The third-order valence-corrected chi connectivity index (χ3v) is 2.82. The maximum atomic E-state index is 6.02. The van der Waals surface area contributed by atoms with E-state index in [1.165, 1.54) is 0 Å². The zero-order chi connectivity index (χ0) is 10.1. The van der Waals surface area contributed by atoms with Crippen LogP contribution in [0, 0.1) is 6.92 Å². The SMILES string of the molecule is Cc1nc(C(N)c2cnnn2C)cs1. The first kappa shape index (κ1) is 9.29. The second-order valence-electron chi connectivity index (χ2n) is 3.05. The molecular formula is C8H11N5S. The van der Waals surface area contributed by atoms with Crippen molar-refractivity contribution in [3.63, 3.8) is 0 Å². The van der Waals surface area contributed by atoms with E-state index < -0.39 is 0 Å². The normalized spacial score (nSPS) is 13.1. The molecule has 0 fully saturated rings. The maximum absolute atomic E-state index is 6.02. The van der Waals surface area contributed by atoms with Crippen LogP contribution in [0.4, 0.5) is 0 Å². The van der Waals surface area contributed by atoms with Gasteiger partial charge in [0.15, 0.2) is 0 Å². The van der Waals surface area contributed by atoms with Crippen molar-refractivity contribution >= 4 is 11.3 Å². The zero-order valence-corrected chi connectivity index (χ0v) is 8.82. The predicted molar refractivity (Wildman–Crippen MR) is 53.9 cm³/mol. The summed E-state index contributed by atoms with van der Waals surface area (Å²) in [4.78, 5) is 4.33. The standard InChI is InChI=1S/C8H11N5S/c1-5-11-6(4-14-5)8(9)7-3-10-12-13(7)2/h3-4,8H,9H2,1-2H3. The molecule has 0 saturated heterocycles. The number of hydrogen-bond donors (Lipinski definition) is 1. The van der Waals surface area contributed by atoms with Gasteiger partial charge in [0.1, 0.15) is 0 Å². The molecular weight excluding hydrogens is 198 g/mol. The topological polar surface area (TPSA) is 69.6 Å². The van der Waals surface area contributed by atoms with E-state index in [4.69, 9.17) is 5.73 Å². The Morgan fingerprint density at radius 3 is 2.86 bits per heavy atom. The molecule has 1 atom stereocenters. The Hall–Kier alpha value is -1.27. The van der Waals surface area contributed by atoms with Gasteiger partial charge in [0.25, 0.3) is 0 Å². The second kappa shape index (κ2) is 3.47. The molecule has 2 heterocycles. The van der Waals surface area contributed by atoms with Gasteiger partial charge in [-0.3, -0.25) is 4.68 Å². The van der Waals surface area contributed by atoms with E-state index in [0.717, 1.165) is 16.4 Å². The van der Waals surface area contributed by atoms with Crippen LogP contribution < -0.4 is 5.73 Å². The second-order valence-corrected chi connectivity index (χ2v) is 4.11. The number of nitrogens with two attached hydrogens (primary N) is 1. The molecule has 5 nitrogen and oxygen atoms in total. The lowest BCUT2D eigenvalue weighted by atomic mass is 10.2. The summed E-state index contributed by atoms with van der Waals surface area (Å²) in [5, 5.41) is 10.6. The summed E-state index contributed by atoms with van der Waals surface area (Å²) in [5.74, 6) is 0. The molecule has 0 radical (unpaired) electrons. The maximum Gasteiger partial charge on any atom is 0.0922 e. The van der Waals surface area contributed by atoms with Gasteiger partial charge in [-0.1, -0.05) is 5.21 Å². The van der Waals surface area contributed by atoms with Crippen LogP contribution >= 0.6 is 11.3 Å². The molecule has 2 aromatic rings. The lowest BCUT2D eigenvalue weighted by Gasteiger charge is -2.07. The van der Waals surface area contributed by atoms with Gasteiger partial charge in [-0.2, -0.15) is 0 Å². The summed E-state index contributed by atoms with van der Waals surface area (Å²) in [6, 6.07) is -0.236. The van der Waals surface area contributed by atoms with Crippen LogP contribution in [-0.4, -0.2) is 20.0 Å². The van der Waals surface area contributed by atoms with Gasteiger partial charge in [0.05, 0.1) is 28.6 Å². The molecule has 0 saturated carbocycles. The van der Waals surface area contributed by atoms with Crippen LogP contribution in [0.5, 0.6) is 0 Å². The first-order chi connectivity index (χ1) is 6.68. The molecule has 0 spiro atoms. The van der Waals surface area contributed by atoms with Gasteiger partial charge in [-0.25, -0.2) is 4.98 Å². The molecule has 14 heavy (non-hydrogen) atoms. The van der Waals surface area contributed by atoms with Crippen LogP contribution in [-0.2, 0) is 7.05 Å². The Bertz CT molecular complexity index is 432. The van der Waals surface area contributed by atoms with Crippen LogP contribution in [0.3, 0.4) is 0 Å². The molecule has 1 unspecified atom stereocenters. The minimum absolute atomic E-state index is 0.236. The number of hydrogen-bond acceptors (Lipinski definition) is 5. The minimum Gasteiger partial charge on any atom is -0.318 e. The van der Waals surface area contributed by atoms with Crippen molar-refractivity contribution in [2.45, 2.75) is 13.0 Å². The average Bonchev–Trinajstić information content (AvgIpc) is 2.73. The number of aromatic nitrogens is 4. The fourth-order valence-corrected chi connectivity index (χ4v) is 1.90. The Labute approximate surface area is 85.6 Å². The van der Waals surface area contributed by atoms with Crippen LogP contribution in [0.1, 0.15) is 22.4 Å². The highest BCUT2D eigenvalue weighted by atomic mass is 32.1. The Balaban J connectivity index is 2.33. The van der Waals surface area contributed by atoms with Crippen molar-refractivity contribution < 1.29 is 0 Å². The van der Waals surface area contributed by atoms with Gasteiger partial charge in [0.2, 0.25) is 0 Å². The number of aryl methyl sites for hydroxylation is 2. The fraction of sp³-hybridized carbons (Fsp3) is 0.375. The smallest absolute Gasteiger partial charge is 0.0922 e. The van der Waals surface area contributed by atoms with E-state index in [2.05, 4.69) is 15.3 Å². The van der Waals surface area contributed by atoms with Crippen molar-refractivity contribution in [2.24, 2.45) is 12.8 Å². The molecule has 0 aliphatic rings. The summed E-state index contributed by atoms with van der Waals surface area (Å²) < 4.78 is 1.67. The molecule has 74 valence electrons. The molecule has 0 aliphatic heterocycles. The van der Waals surface area contributed by atoms with Crippen molar-refractivity contribution in [3.05, 3.63) is 28.0 Å². The van der Waals surface area contributed by atoms with Crippen molar-refractivity contribution in [1.29, 1.82) is 0 Å². The van der Waals surface area contributed by atoms with E-state index >= 15 is 0 Å². The summed E-state index contributed by atoms with van der Waals surface area (Å²) in [7, 11) is 1.82. The Morgan fingerprint density at radius 1 is 1.57 bits per heavy atom. The Morgan fingerprint density at radius 2 is 2.36 bits per heavy atom. The lowest BCUT2D eigenvalue weighted by molar-refractivity contribution is 0.645. The third kappa shape index (κ3) is 1.53. The highest BCUT2D eigenvalue weighted by Gasteiger charge is 2.15. The van der Waals surface area contributed by atoms with E-state index in [1.54, 1.807) is 22.2 Å². The fourth-order valence-electron chi connectivity index (χ4n) is 1.25. The summed E-state index contributed by atoms with van der Waals surface area (Å²) in [6.45, 7) is 1.96. The molecule has 0 bridgehead atoms. The molecule has 2 N–H and O–H groups in total. The lowest BCUT2D eigenvalue weighted by Crippen LogP contribution is -2.16. The highest BCUT2D eigenvalue weighted by molar-refractivity contribution is 7.09. The number of rotatable bonds is 2. The first-order valence-electron chi connectivity index (χ1n) is 4.20. The highest BCUT2D eigenvalue weighted by Crippen LogP contribution is 2.19. The van der Waals surface area contributed by atoms with E-state index in [0.29, 0.717) is 0 Å². The van der Waals surface area contributed by atoms with Crippen molar-refractivity contribution in [3.8, 4) is 0 Å². The first-order valence-corrected chi connectivity index (χ1v) is 5.08. The summed E-state index contributed by atoms with van der Waals surface area (Å²) in [6.07, 6.45) is 1.67. The van der Waals surface area contributed by atoms with Gasteiger partial charge in [0, 0.05) is 12.4 Å². The molecule has 2 rings (SSSR count). The average molecular weight is 209 g/mol. The monoisotopic (exact) mass is 209 g/mol. The molecule has 0 amide bonds. The molecule has 0 aliphatic carbocycles. The van der Waals surface area contributed by atoms with Crippen molar-refractivity contribution in [2.75, 3.05) is 0 Å². The van der Waals surface area contributed by atoms with E-state index in [9.17, 15) is 0 Å². The quantitative estimate of drug-likeness (QED) is 0.787. The molecule has 6 heteroatoms. The van der Waals surface area contributed by atoms with Gasteiger partial charge < -0.3 is 5.73 Å². The third-order valence-electron chi connectivity index (χ3n) is 2.02. The number of nitrogens with zero attached hydrogens (tertiary/aromatic N) is 4. The van der Waals surface area contributed by atoms with E-state index in [1.807, 2.05) is 19.4 Å². The largest absolute Gasteiger partial charge is 0.318 e.